The molecule has 0 saturated heterocycles. The van der Waals surface area contributed by atoms with Crippen molar-refractivity contribution in [2.75, 3.05) is 13.2 Å². The van der Waals surface area contributed by atoms with Gasteiger partial charge < -0.3 is 19.5 Å². The number of nitrogens with zero attached hydrogens (tertiary/aromatic N) is 4. The van der Waals surface area contributed by atoms with Crippen molar-refractivity contribution >= 4 is 12.0 Å². The Morgan fingerprint density at radius 3 is 2.46 bits per heavy atom. The van der Waals surface area contributed by atoms with E-state index in [0.29, 0.717) is 6.54 Å². The molecule has 0 unspecified atom stereocenters. The summed E-state index contributed by atoms with van der Waals surface area (Å²) in [4.78, 5) is 27.3. The summed E-state index contributed by atoms with van der Waals surface area (Å²) in [7, 11) is 0. The van der Waals surface area contributed by atoms with Gasteiger partial charge in [-0.2, -0.15) is 5.10 Å². The first kappa shape index (κ1) is 22.5. The molecule has 0 radical (unpaired) electrons. The molecular formula is C27H27N5O3. The van der Waals surface area contributed by atoms with Crippen LogP contribution in [0.2, 0.25) is 0 Å². The maximum absolute atomic E-state index is 13.5. The summed E-state index contributed by atoms with van der Waals surface area (Å²) in [6.45, 7) is 4.09. The normalized spacial score (nSPS) is 14.6. The fourth-order valence-corrected chi connectivity index (χ4v) is 4.60. The van der Waals surface area contributed by atoms with Crippen LogP contribution in [0, 0.1) is 6.92 Å². The average Bonchev–Trinajstić information content (AvgIpc) is 3.44. The maximum atomic E-state index is 13.5. The number of fused-ring (bicyclic) bond motifs is 3. The molecule has 2 aromatic heterocycles. The third-order valence-electron chi connectivity index (χ3n) is 6.15. The first-order chi connectivity index (χ1) is 17.1. The molecule has 0 saturated carbocycles. The molecule has 1 aliphatic rings. The van der Waals surface area contributed by atoms with Crippen molar-refractivity contribution in [2.45, 2.75) is 26.4 Å². The largest absolute Gasteiger partial charge is 0.465 e. The third-order valence-corrected chi connectivity index (χ3v) is 6.15. The molecule has 0 aliphatic carbocycles. The van der Waals surface area contributed by atoms with Crippen molar-refractivity contribution < 1.29 is 14.3 Å². The summed E-state index contributed by atoms with van der Waals surface area (Å²) in [5.74, 6) is 0.430. The summed E-state index contributed by atoms with van der Waals surface area (Å²) < 4.78 is 9.03. The molecule has 1 aliphatic heterocycles. The summed E-state index contributed by atoms with van der Waals surface area (Å²) in [5.41, 5.74) is 4.61. The average molecular weight is 470 g/mol. The second-order valence-corrected chi connectivity index (χ2v) is 8.34. The lowest BCUT2D eigenvalue weighted by molar-refractivity contribution is -0.141. The molecule has 8 heteroatoms. The number of hydrogen-bond acceptors (Lipinski definition) is 4. The van der Waals surface area contributed by atoms with Crippen LogP contribution in [0.4, 0.5) is 4.79 Å². The Morgan fingerprint density at radius 1 is 1.03 bits per heavy atom. The zero-order chi connectivity index (χ0) is 24.4. The second kappa shape index (κ2) is 9.50. The Bertz CT molecular complexity index is 1340. The number of ether oxygens (including phenoxy) is 1. The lowest BCUT2D eigenvalue weighted by Crippen LogP contribution is -2.44. The van der Waals surface area contributed by atoms with Gasteiger partial charge in [-0.05, 0) is 43.7 Å². The summed E-state index contributed by atoms with van der Waals surface area (Å²) in [6, 6.07) is 23.2. The van der Waals surface area contributed by atoms with Gasteiger partial charge in [-0.15, -0.1) is 0 Å². The Labute approximate surface area is 203 Å². The lowest BCUT2D eigenvalue weighted by Gasteiger charge is -2.31. The number of esters is 1. The second-order valence-electron chi connectivity index (χ2n) is 8.34. The smallest absolute Gasteiger partial charge is 0.325 e. The van der Waals surface area contributed by atoms with E-state index < -0.39 is 5.97 Å². The predicted octanol–water partition coefficient (Wildman–Crippen LogP) is 4.15. The van der Waals surface area contributed by atoms with Crippen molar-refractivity contribution in [3.63, 3.8) is 0 Å². The number of urea groups is 1. The minimum Gasteiger partial charge on any atom is -0.465 e. The van der Waals surface area contributed by atoms with E-state index in [4.69, 9.17) is 9.84 Å². The van der Waals surface area contributed by atoms with E-state index in [1.165, 1.54) is 0 Å². The van der Waals surface area contributed by atoms with Crippen molar-refractivity contribution in [3.8, 4) is 11.5 Å². The van der Waals surface area contributed by atoms with Gasteiger partial charge in [-0.1, -0.05) is 48.5 Å². The number of benzene rings is 2. The lowest BCUT2D eigenvalue weighted by atomic mass is 10.0. The van der Waals surface area contributed by atoms with Crippen LogP contribution in [0.1, 0.15) is 35.5 Å². The SMILES string of the molecule is CCOC(=O)CNC(=O)N1Cc2c(C)nn(-c3ccccc3)c2-n2cccc2[C@H]1c1ccccc1. The van der Waals surface area contributed by atoms with E-state index in [2.05, 4.69) is 9.88 Å². The molecule has 0 fully saturated rings. The van der Waals surface area contributed by atoms with Gasteiger partial charge in [0.15, 0.2) is 0 Å². The highest BCUT2D eigenvalue weighted by Crippen LogP contribution is 2.38. The van der Waals surface area contributed by atoms with E-state index >= 15 is 0 Å². The standard InChI is InChI=1S/C27H27N5O3/c1-3-35-24(33)17-28-27(34)31-18-22-19(2)29-32(21-13-8-5-9-14-21)26(22)30-16-10-15-23(30)25(31)20-11-6-4-7-12-20/h4-16,25H,3,17-18H2,1-2H3,(H,28,34)/t25-/m1/s1. The monoisotopic (exact) mass is 469 g/mol. The zero-order valence-electron chi connectivity index (χ0n) is 19.7. The molecule has 2 aromatic carbocycles. The number of carbonyl (C=O) groups excluding carboxylic acids is 2. The molecule has 1 N–H and O–H groups in total. The van der Waals surface area contributed by atoms with Gasteiger partial charge in [0, 0.05) is 11.8 Å². The van der Waals surface area contributed by atoms with Crippen molar-refractivity contribution in [1.82, 2.24) is 24.6 Å². The molecule has 5 rings (SSSR count). The van der Waals surface area contributed by atoms with Crippen LogP contribution in [0.15, 0.2) is 79.0 Å². The summed E-state index contributed by atoms with van der Waals surface area (Å²) >= 11 is 0. The molecule has 35 heavy (non-hydrogen) atoms. The van der Waals surface area contributed by atoms with Crippen LogP contribution in [-0.2, 0) is 16.1 Å². The van der Waals surface area contributed by atoms with Gasteiger partial charge >= 0.3 is 12.0 Å². The maximum Gasteiger partial charge on any atom is 0.325 e. The third kappa shape index (κ3) is 4.19. The fraction of sp³-hybridized carbons (Fsp3) is 0.222. The van der Waals surface area contributed by atoms with Crippen molar-refractivity contribution in [2.24, 2.45) is 0 Å². The van der Waals surface area contributed by atoms with E-state index in [-0.39, 0.29) is 25.2 Å². The van der Waals surface area contributed by atoms with Crippen LogP contribution in [0.25, 0.3) is 11.5 Å². The van der Waals surface area contributed by atoms with Gasteiger partial charge in [0.2, 0.25) is 0 Å². The molecule has 0 spiro atoms. The summed E-state index contributed by atoms with van der Waals surface area (Å²) in [6.07, 6.45) is 2.00. The number of rotatable bonds is 5. The Balaban J connectivity index is 1.64. The van der Waals surface area contributed by atoms with Crippen molar-refractivity contribution in [3.05, 3.63) is 102 Å². The Morgan fingerprint density at radius 2 is 1.74 bits per heavy atom. The van der Waals surface area contributed by atoms with Gasteiger partial charge in [0.1, 0.15) is 12.4 Å². The van der Waals surface area contributed by atoms with Gasteiger partial charge in [0.05, 0.1) is 36.3 Å². The number of hydrogen-bond donors (Lipinski definition) is 1. The van der Waals surface area contributed by atoms with E-state index in [0.717, 1.165) is 34.0 Å². The molecule has 2 amide bonds. The highest BCUT2D eigenvalue weighted by Gasteiger charge is 2.36. The minimum absolute atomic E-state index is 0.194. The molecule has 1 atom stereocenters. The topological polar surface area (TPSA) is 81.4 Å². The molecule has 8 nitrogen and oxygen atoms in total. The Kier molecular flexibility index (Phi) is 6.10. The van der Waals surface area contributed by atoms with Crippen LogP contribution in [0.5, 0.6) is 0 Å². The molecule has 4 aromatic rings. The van der Waals surface area contributed by atoms with Crippen LogP contribution < -0.4 is 5.32 Å². The van der Waals surface area contributed by atoms with Gasteiger partial charge in [-0.25, -0.2) is 9.48 Å². The van der Waals surface area contributed by atoms with Crippen LogP contribution in [0.3, 0.4) is 0 Å². The van der Waals surface area contributed by atoms with Crippen LogP contribution >= 0.6 is 0 Å². The minimum atomic E-state index is -0.468. The van der Waals surface area contributed by atoms with Crippen molar-refractivity contribution in [1.29, 1.82) is 0 Å². The number of nitrogens with one attached hydrogen (secondary N) is 1. The molecule has 178 valence electrons. The van der Waals surface area contributed by atoms with Crippen LogP contribution in [-0.4, -0.2) is 44.4 Å². The van der Waals surface area contributed by atoms with Gasteiger partial charge in [-0.3, -0.25) is 4.79 Å². The molecule has 0 bridgehead atoms. The number of carbonyl (C=O) groups is 2. The molecule has 3 heterocycles. The number of aryl methyl sites for hydroxylation is 1. The van der Waals surface area contributed by atoms with E-state index in [9.17, 15) is 9.59 Å². The van der Waals surface area contributed by atoms with E-state index in [1.54, 1.807) is 11.8 Å². The Hall–Kier alpha value is -4.33. The molecular weight excluding hydrogens is 442 g/mol. The zero-order valence-corrected chi connectivity index (χ0v) is 19.7. The quantitative estimate of drug-likeness (QED) is 0.445. The highest BCUT2D eigenvalue weighted by atomic mass is 16.5. The summed E-state index contributed by atoms with van der Waals surface area (Å²) in [5, 5.41) is 7.59. The number of para-hydroxylation sites is 1. The van der Waals surface area contributed by atoms with E-state index in [1.807, 2.05) is 90.6 Å². The van der Waals surface area contributed by atoms with Gasteiger partial charge in [0.25, 0.3) is 0 Å². The fourth-order valence-electron chi connectivity index (χ4n) is 4.60. The predicted molar refractivity (Wildman–Crippen MR) is 131 cm³/mol. The number of aromatic nitrogens is 3. The highest BCUT2D eigenvalue weighted by molar-refractivity contribution is 5.81. The first-order valence-electron chi connectivity index (χ1n) is 11.6. The first-order valence-corrected chi connectivity index (χ1v) is 11.6. The number of amides is 2.